The molecule has 7 heteroatoms. The van der Waals surface area contributed by atoms with E-state index in [2.05, 4.69) is 0 Å². The van der Waals surface area contributed by atoms with Crippen LogP contribution in [0.3, 0.4) is 0 Å². The molecule has 0 fully saturated rings. The lowest BCUT2D eigenvalue weighted by molar-refractivity contribution is 0.288. The van der Waals surface area contributed by atoms with Crippen LogP contribution >= 0.6 is 0 Å². The first-order valence-corrected chi connectivity index (χ1v) is 8.45. The molecule has 0 aromatic heterocycles. The summed E-state index contributed by atoms with van der Waals surface area (Å²) in [6.45, 7) is 5.60. The summed E-state index contributed by atoms with van der Waals surface area (Å²) in [5.74, 6) is 0.780. The minimum Gasteiger partial charge on any atom is -0.490 e. The van der Waals surface area contributed by atoms with Crippen LogP contribution in [-0.4, -0.2) is 38.5 Å². The standard InChI is InChI=1S/C14H22N2O4S/c1-4-19-13-9-11(14(15)16)5-6-12(13)20-7-8-21(17,18)10(2)3/h5-6,9-10H,4,7-8H2,1-3H3,(H3,15,16). The molecule has 1 aromatic rings. The van der Waals surface area contributed by atoms with Crippen molar-refractivity contribution in [3.8, 4) is 11.5 Å². The van der Waals surface area contributed by atoms with Crippen LogP contribution in [0.2, 0.25) is 0 Å². The van der Waals surface area contributed by atoms with Gasteiger partial charge in [0.25, 0.3) is 0 Å². The molecular formula is C14H22N2O4S. The number of ether oxygens (including phenoxy) is 2. The van der Waals surface area contributed by atoms with Crippen molar-refractivity contribution in [2.45, 2.75) is 26.0 Å². The Morgan fingerprint density at radius 1 is 1.29 bits per heavy atom. The van der Waals surface area contributed by atoms with Crippen molar-refractivity contribution in [1.82, 2.24) is 0 Å². The van der Waals surface area contributed by atoms with Crippen molar-refractivity contribution < 1.29 is 17.9 Å². The monoisotopic (exact) mass is 314 g/mol. The Bertz CT molecular complexity index is 597. The van der Waals surface area contributed by atoms with Crippen molar-refractivity contribution in [3.63, 3.8) is 0 Å². The van der Waals surface area contributed by atoms with Crippen molar-refractivity contribution in [1.29, 1.82) is 5.41 Å². The van der Waals surface area contributed by atoms with E-state index in [9.17, 15) is 8.42 Å². The zero-order chi connectivity index (χ0) is 16.0. The van der Waals surface area contributed by atoms with Crippen LogP contribution in [-0.2, 0) is 9.84 Å². The Labute approximate surface area is 125 Å². The molecule has 0 radical (unpaired) electrons. The number of sulfone groups is 1. The van der Waals surface area contributed by atoms with Crippen molar-refractivity contribution >= 4 is 15.7 Å². The third-order valence-corrected chi connectivity index (χ3v) is 5.07. The second kappa shape index (κ2) is 7.31. The Balaban J connectivity index is 2.81. The summed E-state index contributed by atoms with van der Waals surface area (Å²) in [5, 5.41) is 6.98. The summed E-state index contributed by atoms with van der Waals surface area (Å²) in [6, 6.07) is 4.87. The molecule has 3 N–H and O–H groups in total. The largest absolute Gasteiger partial charge is 0.490 e. The number of nitrogens with two attached hydrogens (primary N) is 1. The van der Waals surface area contributed by atoms with Gasteiger partial charge in [-0.05, 0) is 39.0 Å². The first kappa shape index (κ1) is 17.3. The number of nitrogens with one attached hydrogen (secondary N) is 1. The van der Waals surface area contributed by atoms with E-state index in [-0.39, 0.29) is 18.2 Å². The maximum atomic E-state index is 11.7. The molecule has 0 aliphatic rings. The maximum Gasteiger partial charge on any atom is 0.161 e. The van der Waals surface area contributed by atoms with Gasteiger partial charge in [-0.1, -0.05) is 0 Å². The topological polar surface area (TPSA) is 102 Å². The highest BCUT2D eigenvalue weighted by atomic mass is 32.2. The lowest BCUT2D eigenvalue weighted by atomic mass is 10.2. The van der Waals surface area contributed by atoms with E-state index in [1.54, 1.807) is 32.0 Å². The highest BCUT2D eigenvalue weighted by Crippen LogP contribution is 2.28. The molecule has 21 heavy (non-hydrogen) atoms. The Kier molecular flexibility index (Phi) is 6.02. The van der Waals surface area contributed by atoms with Crippen LogP contribution < -0.4 is 15.2 Å². The van der Waals surface area contributed by atoms with Crippen LogP contribution in [0.4, 0.5) is 0 Å². The van der Waals surface area contributed by atoms with Crippen molar-refractivity contribution in [2.75, 3.05) is 19.0 Å². The lowest BCUT2D eigenvalue weighted by Crippen LogP contribution is -2.22. The highest BCUT2D eigenvalue weighted by molar-refractivity contribution is 7.91. The average molecular weight is 314 g/mol. The third-order valence-electron chi connectivity index (χ3n) is 2.90. The molecule has 0 atom stereocenters. The molecule has 6 nitrogen and oxygen atoms in total. The first-order valence-electron chi connectivity index (χ1n) is 6.73. The second-order valence-corrected chi connectivity index (χ2v) is 7.45. The molecule has 118 valence electrons. The minimum absolute atomic E-state index is 0.0509. The van der Waals surface area contributed by atoms with E-state index in [0.29, 0.717) is 23.7 Å². The quantitative estimate of drug-likeness (QED) is 0.560. The van der Waals surface area contributed by atoms with Gasteiger partial charge in [0, 0.05) is 5.56 Å². The van der Waals surface area contributed by atoms with Crippen molar-refractivity contribution in [3.05, 3.63) is 23.8 Å². The fourth-order valence-corrected chi connectivity index (χ4v) is 2.35. The number of hydrogen-bond acceptors (Lipinski definition) is 5. The van der Waals surface area contributed by atoms with Gasteiger partial charge in [-0.3, -0.25) is 5.41 Å². The Hall–Kier alpha value is -1.76. The predicted octanol–water partition coefficient (Wildman–Crippen LogP) is 1.57. The van der Waals surface area contributed by atoms with E-state index >= 15 is 0 Å². The fraction of sp³-hybridized carbons (Fsp3) is 0.500. The fourth-order valence-electron chi connectivity index (χ4n) is 1.57. The smallest absolute Gasteiger partial charge is 0.161 e. The molecule has 0 unspecified atom stereocenters. The normalized spacial score (nSPS) is 11.4. The van der Waals surface area contributed by atoms with E-state index < -0.39 is 15.1 Å². The summed E-state index contributed by atoms with van der Waals surface area (Å²) >= 11 is 0. The highest BCUT2D eigenvalue weighted by Gasteiger charge is 2.16. The molecule has 1 rings (SSSR count). The van der Waals surface area contributed by atoms with Gasteiger partial charge in [0.1, 0.15) is 12.4 Å². The molecule has 1 aromatic carbocycles. The van der Waals surface area contributed by atoms with Gasteiger partial charge >= 0.3 is 0 Å². The SMILES string of the molecule is CCOc1cc(C(=N)N)ccc1OCCS(=O)(=O)C(C)C. The van der Waals surface area contributed by atoms with Gasteiger partial charge in [-0.2, -0.15) is 0 Å². The molecular weight excluding hydrogens is 292 g/mol. The van der Waals surface area contributed by atoms with E-state index in [0.717, 1.165) is 0 Å². The summed E-state index contributed by atoms with van der Waals surface area (Å²) < 4.78 is 34.4. The van der Waals surface area contributed by atoms with Gasteiger partial charge in [0.2, 0.25) is 0 Å². The van der Waals surface area contributed by atoms with Crippen LogP contribution in [0.1, 0.15) is 26.3 Å². The van der Waals surface area contributed by atoms with Crippen LogP contribution in [0.15, 0.2) is 18.2 Å². The molecule has 0 amide bonds. The molecule has 0 saturated carbocycles. The Morgan fingerprint density at radius 2 is 1.95 bits per heavy atom. The van der Waals surface area contributed by atoms with Gasteiger partial charge in [-0.25, -0.2) is 8.42 Å². The molecule has 0 bridgehead atoms. The number of hydrogen-bond donors (Lipinski definition) is 2. The Morgan fingerprint density at radius 3 is 2.48 bits per heavy atom. The van der Waals surface area contributed by atoms with Crippen LogP contribution in [0, 0.1) is 5.41 Å². The molecule has 0 spiro atoms. The number of rotatable bonds is 8. The summed E-state index contributed by atoms with van der Waals surface area (Å²) in [7, 11) is -3.14. The molecule has 0 aliphatic carbocycles. The third kappa shape index (κ3) is 4.93. The summed E-state index contributed by atoms with van der Waals surface area (Å²) in [5.41, 5.74) is 5.96. The molecule has 0 aliphatic heterocycles. The number of nitrogen functional groups attached to an aromatic ring is 1. The van der Waals surface area contributed by atoms with E-state index in [1.165, 1.54) is 0 Å². The average Bonchev–Trinajstić information content (AvgIpc) is 2.40. The summed E-state index contributed by atoms with van der Waals surface area (Å²) in [4.78, 5) is 0. The zero-order valence-corrected chi connectivity index (χ0v) is 13.4. The van der Waals surface area contributed by atoms with E-state index in [4.69, 9.17) is 20.6 Å². The van der Waals surface area contributed by atoms with Crippen LogP contribution in [0.5, 0.6) is 11.5 Å². The summed E-state index contributed by atoms with van der Waals surface area (Å²) in [6.07, 6.45) is 0. The van der Waals surface area contributed by atoms with Crippen molar-refractivity contribution in [2.24, 2.45) is 5.73 Å². The van der Waals surface area contributed by atoms with Gasteiger partial charge in [-0.15, -0.1) is 0 Å². The molecule has 0 saturated heterocycles. The number of benzene rings is 1. The van der Waals surface area contributed by atoms with Crippen LogP contribution in [0.25, 0.3) is 0 Å². The lowest BCUT2D eigenvalue weighted by Gasteiger charge is -2.14. The van der Waals surface area contributed by atoms with Gasteiger partial charge < -0.3 is 15.2 Å². The van der Waals surface area contributed by atoms with Gasteiger partial charge in [0.15, 0.2) is 21.3 Å². The molecule has 0 heterocycles. The predicted molar refractivity (Wildman–Crippen MR) is 83.0 cm³/mol. The second-order valence-electron chi connectivity index (χ2n) is 4.77. The minimum atomic E-state index is -3.14. The first-order chi connectivity index (χ1) is 9.77. The zero-order valence-electron chi connectivity index (χ0n) is 12.5. The van der Waals surface area contributed by atoms with E-state index in [1.807, 2.05) is 6.92 Å². The van der Waals surface area contributed by atoms with Gasteiger partial charge in [0.05, 0.1) is 17.6 Å². The number of amidine groups is 1. The maximum absolute atomic E-state index is 11.7.